The van der Waals surface area contributed by atoms with Crippen molar-refractivity contribution in [1.82, 2.24) is 14.9 Å². The van der Waals surface area contributed by atoms with Crippen LogP contribution >= 0.6 is 11.6 Å². The van der Waals surface area contributed by atoms with Crippen molar-refractivity contribution in [3.63, 3.8) is 0 Å². The topological polar surface area (TPSA) is 97.7 Å². The Morgan fingerprint density at radius 3 is 2.84 bits per heavy atom. The van der Waals surface area contributed by atoms with Crippen LogP contribution in [0.3, 0.4) is 0 Å². The smallest absolute Gasteiger partial charge is 0.319 e. The Hall–Kier alpha value is -3.56. The van der Waals surface area contributed by atoms with Gasteiger partial charge in [0.25, 0.3) is 0 Å². The van der Waals surface area contributed by atoms with Gasteiger partial charge in [-0.2, -0.15) is 0 Å². The number of hydrogen-bond acceptors (Lipinski definition) is 6. The normalized spacial score (nSPS) is 21.4. The number of fused-ring (bicyclic) bond motifs is 4. The molecule has 0 radical (unpaired) electrons. The van der Waals surface area contributed by atoms with E-state index in [4.69, 9.17) is 21.1 Å². The Kier molecular flexibility index (Phi) is 6.26. The molecule has 0 spiro atoms. The Morgan fingerprint density at radius 2 is 2.05 bits per heavy atom. The number of nitrogens with zero attached hydrogens (tertiary/aromatic N) is 3. The summed E-state index contributed by atoms with van der Waals surface area (Å²) in [7, 11) is 1.95. The van der Waals surface area contributed by atoms with Gasteiger partial charge >= 0.3 is 6.03 Å². The zero-order valence-electron chi connectivity index (χ0n) is 20.5. The van der Waals surface area contributed by atoms with Crippen LogP contribution in [0.5, 0.6) is 5.75 Å². The number of ketones is 1. The van der Waals surface area contributed by atoms with E-state index >= 15 is 0 Å². The molecule has 2 atom stereocenters. The number of halogens is 1. The van der Waals surface area contributed by atoms with Crippen molar-refractivity contribution in [2.75, 3.05) is 35.7 Å². The summed E-state index contributed by atoms with van der Waals surface area (Å²) < 4.78 is 14.0. The van der Waals surface area contributed by atoms with Crippen LogP contribution in [0.2, 0.25) is 0 Å². The molecule has 2 unspecified atom stereocenters. The lowest BCUT2D eigenvalue weighted by atomic mass is 10.1. The second-order valence-corrected chi connectivity index (χ2v) is 10.0. The lowest BCUT2D eigenvalue weighted by molar-refractivity contribution is 0.0306. The molecule has 1 aromatic carbocycles. The molecule has 2 aromatic heterocycles. The minimum absolute atomic E-state index is 0.229. The first-order chi connectivity index (χ1) is 18.0. The van der Waals surface area contributed by atoms with Crippen molar-refractivity contribution in [3.05, 3.63) is 53.5 Å². The number of aromatic nitrogens is 2. The summed E-state index contributed by atoms with van der Waals surface area (Å²) in [6.45, 7) is 2.16. The van der Waals surface area contributed by atoms with Gasteiger partial charge in [-0.1, -0.05) is 0 Å². The molecule has 3 aliphatic rings. The van der Waals surface area contributed by atoms with Crippen molar-refractivity contribution < 1.29 is 19.1 Å². The number of pyridine rings is 1. The maximum atomic E-state index is 13.3. The fraction of sp³-hybridized carbons (Fsp3) is 0.370. The number of rotatable bonds is 6. The minimum atomic E-state index is -0.348. The van der Waals surface area contributed by atoms with E-state index in [1.807, 2.05) is 30.1 Å². The molecule has 9 nitrogen and oxygen atoms in total. The Balaban J connectivity index is 1.28. The third-order valence-corrected chi connectivity index (χ3v) is 7.32. The number of ether oxygens (including phenoxy) is 2. The Morgan fingerprint density at radius 1 is 1.24 bits per heavy atom. The fourth-order valence-electron chi connectivity index (χ4n) is 5.36. The molecule has 5 heterocycles. The van der Waals surface area contributed by atoms with E-state index in [1.54, 1.807) is 24.3 Å². The van der Waals surface area contributed by atoms with E-state index < -0.39 is 0 Å². The average molecular weight is 522 g/mol. The van der Waals surface area contributed by atoms with E-state index in [0.29, 0.717) is 35.8 Å². The summed E-state index contributed by atoms with van der Waals surface area (Å²) in [5.74, 6) is 0.950. The van der Waals surface area contributed by atoms with Crippen molar-refractivity contribution >= 4 is 51.9 Å². The van der Waals surface area contributed by atoms with E-state index in [0.717, 1.165) is 48.2 Å². The number of benzene rings is 1. The van der Waals surface area contributed by atoms with Gasteiger partial charge in [-0.25, -0.2) is 9.78 Å². The van der Waals surface area contributed by atoms with Crippen molar-refractivity contribution in [1.29, 1.82) is 0 Å². The highest BCUT2D eigenvalue weighted by atomic mass is 35.5. The van der Waals surface area contributed by atoms with E-state index in [-0.39, 0.29) is 29.8 Å². The van der Waals surface area contributed by atoms with Gasteiger partial charge in [0.1, 0.15) is 11.4 Å². The highest BCUT2D eigenvalue weighted by molar-refractivity contribution is 6.18. The molecule has 3 aromatic rings. The third kappa shape index (κ3) is 4.53. The van der Waals surface area contributed by atoms with Crippen LogP contribution in [0, 0.1) is 0 Å². The number of amides is 2. The average Bonchev–Trinajstić information content (AvgIpc) is 3.51. The molecule has 10 heteroatoms. The quantitative estimate of drug-likeness (QED) is 0.285. The summed E-state index contributed by atoms with van der Waals surface area (Å²) in [6.07, 6.45) is 8.97. The van der Waals surface area contributed by atoms with Crippen molar-refractivity contribution in [2.24, 2.45) is 7.05 Å². The largest absolute Gasteiger partial charge is 0.452 e. The van der Waals surface area contributed by atoms with Gasteiger partial charge in [0.05, 0.1) is 23.5 Å². The molecular formula is C27H28ClN5O4. The molecular weight excluding hydrogens is 494 g/mol. The number of morpholine rings is 1. The number of nitrogens with one attached hydrogen (secondary N) is 2. The van der Waals surface area contributed by atoms with Crippen LogP contribution in [0.1, 0.15) is 35.2 Å². The van der Waals surface area contributed by atoms with Crippen LogP contribution in [0.15, 0.2) is 42.4 Å². The highest BCUT2D eigenvalue weighted by Crippen LogP contribution is 2.38. The zero-order valence-corrected chi connectivity index (χ0v) is 21.3. The van der Waals surface area contributed by atoms with Gasteiger partial charge < -0.3 is 29.6 Å². The van der Waals surface area contributed by atoms with Crippen LogP contribution in [-0.2, 0) is 11.8 Å². The first-order valence-electron chi connectivity index (χ1n) is 12.5. The Bertz CT molecular complexity index is 1410. The van der Waals surface area contributed by atoms with Crippen LogP contribution < -0.4 is 20.3 Å². The number of aryl methyl sites for hydroxylation is 1. The summed E-state index contributed by atoms with van der Waals surface area (Å²) in [4.78, 5) is 32.4. The molecule has 3 aliphatic heterocycles. The van der Waals surface area contributed by atoms with E-state index in [9.17, 15) is 9.59 Å². The SMILES string of the molecule is Cn1cc(C=C2Oc3ccc(NC(=O)NCCCCl)cc3C2=O)c2c(N3CC4CCC(C3)O4)ccnc21. The molecule has 192 valence electrons. The van der Waals surface area contributed by atoms with Crippen molar-refractivity contribution in [2.45, 2.75) is 31.5 Å². The fourth-order valence-corrected chi connectivity index (χ4v) is 5.49. The Labute approximate surface area is 219 Å². The van der Waals surface area contributed by atoms with Crippen LogP contribution in [-0.4, -0.2) is 59.1 Å². The first kappa shape index (κ1) is 23.8. The van der Waals surface area contributed by atoms with Crippen LogP contribution in [0.4, 0.5) is 16.2 Å². The second kappa shape index (κ2) is 9.72. The predicted octanol–water partition coefficient (Wildman–Crippen LogP) is 4.31. The number of urea groups is 1. The maximum absolute atomic E-state index is 13.3. The molecule has 2 fully saturated rings. The zero-order chi connectivity index (χ0) is 25.5. The van der Waals surface area contributed by atoms with Crippen LogP contribution in [0.25, 0.3) is 17.1 Å². The number of allylic oxidation sites excluding steroid dienone is 1. The summed E-state index contributed by atoms with van der Waals surface area (Å²) in [5.41, 5.74) is 3.73. The number of carbonyl (C=O) groups excluding carboxylic acids is 2. The van der Waals surface area contributed by atoms with Gasteiger partial charge in [-0.05, 0) is 49.6 Å². The predicted molar refractivity (Wildman–Crippen MR) is 143 cm³/mol. The standard InChI is InChI=1S/C27H28ClN5O4/c1-32-13-16(24-21(7-10-29-26(24)32)33-14-18-4-5-19(15-33)36-18)11-23-25(34)20-12-17(3-6-22(20)37-23)31-27(35)30-9-2-8-28/h3,6-7,10-13,18-19H,2,4-5,8-9,14-15H2,1H3,(H2,30,31,35). The minimum Gasteiger partial charge on any atom is -0.452 e. The lowest BCUT2D eigenvalue weighted by Crippen LogP contribution is -2.42. The highest BCUT2D eigenvalue weighted by Gasteiger charge is 2.35. The molecule has 0 aliphatic carbocycles. The molecule has 2 saturated heterocycles. The molecule has 2 bridgehead atoms. The number of hydrogen-bond donors (Lipinski definition) is 2. The van der Waals surface area contributed by atoms with Gasteiger partial charge in [0, 0.05) is 61.6 Å². The van der Waals surface area contributed by atoms with E-state index in [1.165, 1.54) is 0 Å². The number of Topliss-reactive ketones (excluding diaryl/α,β-unsaturated/α-hetero) is 1. The molecule has 6 rings (SSSR count). The monoisotopic (exact) mass is 521 g/mol. The molecule has 2 amide bonds. The molecule has 37 heavy (non-hydrogen) atoms. The second-order valence-electron chi connectivity index (χ2n) is 9.66. The van der Waals surface area contributed by atoms with Crippen molar-refractivity contribution in [3.8, 4) is 5.75 Å². The lowest BCUT2D eigenvalue weighted by Gasteiger charge is -2.34. The number of alkyl halides is 1. The van der Waals surface area contributed by atoms with E-state index in [2.05, 4.69) is 20.5 Å². The van der Waals surface area contributed by atoms with Gasteiger partial charge in [-0.15, -0.1) is 11.6 Å². The van der Waals surface area contributed by atoms with Gasteiger partial charge in [0.15, 0.2) is 5.76 Å². The molecule has 0 saturated carbocycles. The van der Waals surface area contributed by atoms with Gasteiger partial charge in [0.2, 0.25) is 5.78 Å². The number of carbonyl (C=O) groups is 2. The summed E-state index contributed by atoms with van der Waals surface area (Å²) in [5, 5.41) is 6.47. The van der Waals surface area contributed by atoms with Gasteiger partial charge in [-0.3, -0.25) is 4.79 Å². The maximum Gasteiger partial charge on any atom is 0.319 e. The first-order valence-corrected chi connectivity index (χ1v) is 13.1. The third-order valence-electron chi connectivity index (χ3n) is 7.06. The number of anilines is 2. The summed E-state index contributed by atoms with van der Waals surface area (Å²) >= 11 is 5.65. The molecule has 2 N–H and O–H groups in total. The summed E-state index contributed by atoms with van der Waals surface area (Å²) in [6, 6.07) is 6.74.